The third kappa shape index (κ3) is 1.99. The first-order valence-corrected chi connectivity index (χ1v) is 6.18. The maximum Gasteiger partial charge on any atom is 0.0946 e. The van der Waals surface area contributed by atoms with Gasteiger partial charge in [0.05, 0.1) is 18.1 Å². The normalized spacial score (nSPS) is 27.2. The summed E-state index contributed by atoms with van der Waals surface area (Å²) in [5.74, 6) is 0.573. The van der Waals surface area contributed by atoms with Gasteiger partial charge >= 0.3 is 0 Å². The summed E-state index contributed by atoms with van der Waals surface area (Å²) in [6, 6.07) is 0.455. The van der Waals surface area contributed by atoms with Crippen LogP contribution in [0.3, 0.4) is 0 Å². The standard InChI is InChI=1S/C12H22N4/c1-3-16-6-4-5-10(7-13)12(16)11-8-14-9-15(11)2/h8-10,12H,3-7,13H2,1-2H3. The average Bonchev–Trinajstić information content (AvgIpc) is 2.74. The largest absolute Gasteiger partial charge is 0.336 e. The van der Waals surface area contributed by atoms with Crippen LogP contribution >= 0.6 is 0 Å². The van der Waals surface area contributed by atoms with Crippen LogP contribution in [0.15, 0.2) is 12.5 Å². The molecule has 1 saturated heterocycles. The number of nitrogens with zero attached hydrogens (tertiary/aromatic N) is 3. The monoisotopic (exact) mass is 222 g/mol. The van der Waals surface area contributed by atoms with E-state index in [0.29, 0.717) is 12.0 Å². The molecule has 1 aliphatic rings. The molecule has 2 atom stereocenters. The summed E-state index contributed by atoms with van der Waals surface area (Å²) in [5, 5.41) is 0. The topological polar surface area (TPSA) is 47.1 Å². The van der Waals surface area contributed by atoms with Gasteiger partial charge in [-0.05, 0) is 38.4 Å². The molecule has 1 aromatic rings. The Kier molecular flexibility index (Phi) is 3.61. The van der Waals surface area contributed by atoms with E-state index >= 15 is 0 Å². The fourth-order valence-corrected chi connectivity index (χ4v) is 2.83. The lowest BCUT2D eigenvalue weighted by atomic mass is 9.87. The molecular weight excluding hydrogens is 200 g/mol. The summed E-state index contributed by atoms with van der Waals surface area (Å²) in [7, 11) is 2.07. The Balaban J connectivity index is 2.28. The maximum atomic E-state index is 5.91. The molecule has 0 aromatic carbocycles. The molecule has 4 nitrogen and oxygen atoms in total. The fourth-order valence-electron chi connectivity index (χ4n) is 2.83. The highest BCUT2D eigenvalue weighted by atomic mass is 15.2. The van der Waals surface area contributed by atoms with Crippen LogP contribution in [-0.4, -0.2) is 34.1 Å². The molecule has 4 heteroatoms. The Labute approximate surface area is 97.4 Å². The van der Waals surface area contributed by atoms with Crippen molar-refractivity contribution in [2.45, 2.75) is 25.8 Å². The van der Waals surface area contributed by atoms with Gasteiger partial charge in [0.2, 0.25) is 0 Å². The number of rotatable bonds is 3. The Hall–Kier alpha value is -0.870. The van der Waals surface area contributed by atoms with E-state index in [2.05, 4.69) is 28.4 Å². The smallest absolute Gasteiger partial charge is 0.0946 e. The first kappa shape index (κ1) is 11.6. The van der Waals surface area contributed by atoms with Crippen LogP contribution in [0.4, 0.5) is 0 Å². The van der Waals surface area contributed by atoms with Gasteiger partial charge in [-0.15, -0.1) is 0 Å². The second kappa shape index (κ2) is 4.97. The molecule has 0 aliphatic carbocycles. The molecule has 2 heterocycles. The molecule has 2 N–H and O–H groups in total. The van der Waals surface area contributed by atoms with Crippen molar-refractivity contribution >= 4 is 0 Å². The third-order valence-corrected chi connectivity index (χ3v) is 3.73. The molecule has 2 unspecified atom stereocenters. The zero-order chi connectivity index (χ0) is 11.5. The number of nitrogens with two attached hydrogens (primary N) is 1. The van der Waals surface area contributed by atoms with Crippen molar-refractivity contribution in [3.63, 3.8) is 0 Å². The lowest BCUT2D eigenvalue weighted by molar-refractivity contribution is 0.0967. The first-order valence-electron chi connectivity index (χ1n) is 6.18. The lowest BCUT2D eigenvalue weighted by Crippen LogP contribution is -2.42. The fraction of sp³-hybridized carbons (Fsp3) is 0.750. The summed E-state index contributed by atoms with van der Waals surface area (Å²) in [6.45, 7) is 5.27. The van der Waals surface area contributed by atoms with Crippen LogP contribution in [0.1, 0.15) is 31.5 Å². The van der Waals surface area contributed by atoms with Crippen LogP contribution < -0.4 is 5.73 Å². The Morgan fingerprint density at radius 3 is 2.94 bits per heavy atom. The van der Waals surface area contributed by atoms with Crippen molar-refractivity contribution in [2.75, 3.05) is 19.6 Å². The maximum absolute atomic E-state index is 5.91. The Morgan fingerprint density at radius 1 is 1.56 bits per heavy atom. The summed E-state index contributed by atoms with van der Waals surface area (Å²) in [6.07, 6.45) is 6.37. The minimum absolute atomic E-state index is 0.455. The first-order chi connectivity index (χ1) is 7.77. The second-order valence-electron chi connectivity index (χ2n) is 4.64. The summed E-state index contributed by atoms with van der Waals surface area (Å²) in [4.78, 5) is 6.76. The summed E-state index contributed by atoms with van der Waals surface area (Å²) >= 11 is 0. The quantitative estimate of drug-likeness (QED) is 0.834. The SMILES string of the molecule is CCN1CCCC(CN)C1c1cncn1C. The van der Waals surface area contributed by atoms with Crippen LogP contribution in [0.5, 0.6) is 0 Å². The van der Waals surface area contributed by atoms with Crippen molar-refractivity contribution in [1.82, 2.24) is 14.5 Å². The van der Waals surface area contributed by atoms with E-state index < -0.39 is 0 Å². The van der Waals surface area contributed by atoms with Gasteiger partial charge in [-0.2, -0.15) is 0 Å². The molecule has 1 aliphatic heterocycles. The number of aryl methyl sites for hydroxylation is 1. The van der Waals surface area contributed by atoms with Crippen molar-refractivity contribution < 1.29 is 0 Å². The predicted octanol–water partition coefficient (Wildman–Crippen LogP) is 1.15. The van der Waals surface area contributed by atoms with E-state index in [1.54, 1.807) is 0 Å². The van der Waals surface area contributed by atoms with Gasteiger partial charge in [0.1, 0.15) is 0 Å². The molecule has 0 bridgehead atoms. The van der Waals surface area contributed by atoms with Gasteiger partial charge < -0.3 is 10.3 Å². The van der Waals surface area contributed by atoms with Crippen molar-refractivity contribution in [3.8, 4) is 0 Å². The third-order valence-electron chi connectivity index (χ3n) is 3.73. The molecule has 2 rings (SSSR count). The van der Waals surface area contributed by atoms with Crippen LogP contribution in [0.2, 0.25) is 0 Å². The van der Waals surface area contributed by atoms with E-state index in [1.807, 2.05) is 12.5 Å². The van der Waals surface area contributed by atoms with Crippen LogP contribution in [-0.2, 0) is 7.05 Å². The van der Waals surface area contributed by atoms with Crippen molar-refractivity contribution in [3.05, 3.63) is 18.2 Å². The Morgan fingerprint density at radius 2 is 2.38 bits per heavy atom. The van der Waals surface area contributed by atoms with Gasteiger partial charge in [-0.25, -0.2) is 4.98 Å². The molecule has 16 heavy (non-hydrogen) atoms. The zero-order valence-electron chi connectivity index (χ0n) is 10.3. The summed E-state index contributed by atoms with van der Waals surface area (Å²) < 4.78 is 2.13. The van der Waals surface area contributed by atoms with Gasteiger partial charge in [-0.3, -0.25) is 4.90 Å². The van der Waals surface area contributed by atoms with E-state index in [4.69, 9.17) is 5.73 Å². The lowest BCUT2D eigenvalue weighted by Gasteiger charge is -2.40. The van der Waals surface area contributed by atoms with Gasteiger partial charge in [-0.1, -0.05) is 6.92 Å². The highest BCUT2D eigenvalue weighted by Crippen LogP contribution is 2.34. The number of likely N-dealkylation sites (tertiary alicyclic amines) is 1. The average molecular weight is 222 g/mol. The van der Waals surface area contributed by atoms with Crippen molar-refractivity contribution in [1.29, 1.82) is 0 Å². The van der Waals surface area contributed by atoms with Crippen LogP contribution in [0, 0.1) is 5.92 Å². The minimum Gasteiger partial charge on any atom is -0.336 e. The molecule has 0 saturated carbocycles. The molecule has 1 fully saturated rings. The highest BCUT2D eigenvalue weighted by molar-refractivity contribution is 5.08. The zero-order valence-corrected chi connectivity index (χ0v) is 10.3. The second-order valence-corrected chi connectivity index (χ2v) is 4.64. The highest BCUT2D eigenvalue weighted by Gasteiger charge is 2.32. The van der Waals surface area contributed by atoms with Gasteiger partial charge in [0.15, 0.2) is 0 Å². The predicted molar refractivity (Wildman–Crippen MR) is 65.0 cm³/mol. The molecule has 1 aromatic heterocycles. The van der Waals surface area contributed by atoms with Crippen molar-refractivity contribution in [2.24, 2.45) is 18.7 Å². The van der Waals surface area contributed by atoms with Crippen LogP contribution in [0.25, 0.3) is 0 Å². The number of piperidine rings is 1. The molecule has 0 amide bonds. The van der Waals surface area contributed by atoms with E-state index in [0.717, 1.165) is 13.1 Å². The summed E-state index contributed by atoms with van der Waals surface area (Å²) in [5.41, 5.74) is 7.21. The number of aromatic nitrogens is 2. The minimum atomic E-state index is 0.455. The number of imidazole rings is 1. The van der Waals surface area contributed by atoms with Gasteiger partial charge in [0.25, 0.3) is 0 Å². The number of hydrogen-bond donors (Lipinski definition) is 1. The number of hydrogen-bond acceptors (Lipinski definition) is 3. The van der Waals surface area contributed by atoms with E-state index in [-0.39, 0.29) is 0 Å². The molecule has 0 spiro atoms. The molecular formula is C12H22N4. The molecule has 90 valence electrons. The Bertz CT molecular complexity index is 322. The van der Waals surface area contributed by atoms with E-state index in [1.165, 1.54) is 25.1 Å². The van der Waals surface area contributed by atoms with Gasteiger partial charge in [0, 0.05) is 13.2 Å². The van der Waals surface area contributed by atoms with E-state index in [9.17, 15) is 0 Å². The molecule has 0 radical (unpaired) electrons.